The van der Waals surface area contributed by atoms with Crippen molar-refractivity contribution in [2.75, 3.05) is 19.7 Å². The van der Waals surface area contributed by atoms with Gasteiger partial charge in [0, 0.05) is 25.7 Å². The third kappa shape index (κ3) is 3.66. The van der Waals surface area contributed by atoms with Crippen LogP contribution >= 0.6 is 0 Å². The first-order chi connectivity index (χ1) is 9.58. The number of likely N-dealkylation sites (tertiary alicyclic amines) is 1. The number of hydrogen-bond acceptors (Lipinski definition) is 2. The van der Waals surface area contributed by atoms with Crippen molar-refractivity contribution in [1.82, 2.24) is 10.2 Å². The molecule has 0 aromatic heterocycles. The van der Waals surface area contributed by atoms with Crippen molar-refractivity contribution in [3.8, 4) is 0 Å². The smallest absolute Gasteiger partial charge is 0.317 e. The first-order valence-electron chi connectivity index (χ1n) is 8.24. The van der Waals surface area contributed by atoms with Gasteiger partial charge in [0.1, 0.15) is 0 Å². The van der Waals surface area contributed by atoms with Crippen molar-refractivity contribution >= 4 is 6.03 Å². The summed E-state index contributed by atoms with van der Waals surface area (Å²) in [5.41, 5.74) is 0.00751. The Hall–Kier alpha value is -0.770. The fraction of sp³-hybridized carbons (Fsp3) is 0.938. The zero-order valence-electron chi connectivity index (χ0n) is 13.0. The Morgan fingerprint density at radius 1 is 1.30 bits per heavy atom. The Balaban J connectivity index is 1.83. The molecule has 0 aromatic rings. The molecule has 1 saturated carbocycles. The highest BCUT2D eigenvalue weighted by Gasteiger charge is 2.33. The number of aliphatic hydroxyl groups is 1. The molecular formula is C16H30N2O2. The van der Waals surface area contributed by atoms with Crippen molar-refractivity contribution in [3.05, 3.63) is 0 Å². The first kappa shape index (κ1) is 15.6. The van der Waals surface area contributed by atoms with Gasteiger partial charge < -0.3 is 15.3 Å². The van der Waals surface area contributed by atoms with Crippen LogP contribution in [0.3, 0.4) is 0 Å². The molecule has 2 unspecified atom stereocenters. The van der Waals surface area contributed by atoms with Gasteiger partial charge in [-0.2, -0.15) is 0 Å². The molecule has 2 atom stereocenters. The van der Waals surface area contributed by atoms with Gasteiger partial charge in [-0.3, -0.25) is 0 Å². The number of piperidine rings is 1. The minimum absolute atomic E-state index is 0.00751. The molecular weight excluding hydrogens is 252 g/mol. The van der Waals surface area contributed by atoms with Gasteiger partial charge in [-0.05, 0) is 37.0 Å². The fourth-order valence-electron chi connectivity index (χ4n) is 3.54. The summed E-state index contributed by atoms with van der Waals surface area (Å²) in [6.07, 6.45) is 7.90. The van der Waals surface area contributed by atoms with E-state index in [-0.39, 0.29) is 18.1 Å². The minimum Gasteiger partial charge on any atom is -0.396 e. The topological polar surface area (TPSA) is 52.6 Å². The quantitative estimate of drug-likeness (QED) is 0.836. The van der Waals surface area contributed by atoms with Gasteiger partial charge in [0.2, 0.25) is 0 Å². The molecule has 0 radical (unpaired) electrons. The van der Waals surface area contributed by atoms with E-state index in [0.717, 1.165) is 38.8 Å². The summed E-state index contributed by atoms with van der Waals surface area (Å²) in [5.74, 6) is 0.653. The maximum atomic E-state index is 12.4. The lowest BCUT2D eigenvalue weighted by Crippen LogP contribution is -2.52. The Bertz CT molecular complexity index is 324. The van der Waals surface area contributed by atoms with Crippen LogP contribution < -0.4 is 5.32 Å². The molecule has 4 heteroatoms. The van der Waals surface area contributed by atoms with E-state index in [0.29, 0.717) is 12.0 Å². The second-order valence-corrected chi connectivity index (χ2v) is 6.96. The average molecular weight is 282 g/mol. The maximum Gasteiger partial charge on any atom is 0.317 e. The van der Waals surface area contributed by atoms with Crippen molar-refractivity contribution in [1.29, 1.82) is 0 Å². The summed E-state index contributed by atoms with van der Waals surface area (Å²) in [6.45, 7) is 6.10. The SMILES string of the molecule is CCC1CCCCC1NC(=O)N1CCC(C)(CO)CC1. The van der Waals surface area contributed by atoms with Crippen LogP contribution in [-0.2, 0) is 0 Å². The Morgan fingerprint density at radius 3 is 2.55 bits per heavy atom. The Labute approximate surface area is 122 Å². The lowest BCUT2D eigenvalue weighted by Gasteiger charge is -2.39. The van der Waals surface area contributed by atoms with E-state index < -0.39 is 0 Å². The predicted molar refractivity (Wildman–Crippen MR) is 80.6 cm³/mol. The third-order valence-electron chi connectivity index (χ3n) is 5.38. The highest BCUT2D eigenvalue weighted by Crippen LogP contribution is 2.31. The van der Waals surface area contributed by atoms with E-state index in [1.54, 1.807) is 0 Å². The number of carbonyl (C=O) groups is 1. The van der Waals surface area contributed by atoms with Gasteiger partial charge in [-0.1, -0.05) is 33.1 Å². The normalized spacial score (nSPS) is 30.1. The van der Waals surface area contributed by atoms with Crippen LogP contribution in [0.5, 0.6) is 0 Å². The monoisotopic (exact) mass is 282 g/mol. The van der Waals surface area contributed by atoms with E-state index in [2.05, 4.69) is 19.2 Å². The molecule has 0 bridgehead atoms. The van der Waals surface area contributed by atoms with Crippen molar-refractivity contribution in [3.63, 3.8) is 0 Å². The summed E-state index contributed by atoms with van der Waals surface area (Å²) < 4.78 is 0. The molecule has 116 valence electrons. The van der Waals surface area contributed by atoms with Crippen molar-refractivity contribution < 1.29 is 9.90 Å². The number of hydrogen-bond donors (Lipinski definition) is 2. The van der Waals surface area contributed by atoms with Gasteiger partial charge in [0.05, 0.1) is 0 Å². The second-order valence-electron chi connectivity index (χ2n) is 6.96. The third-order valence-corrected chi connectivity index (χ3v) is 5.38. The molecule has 1 aliphatic carbocycles. The standard InChI is InChI=1S/C16H30N2O2/c1-3-13-6-4-5-7-14(13)17-15(20)18-10-8-16(2,12-19)9-11-18/h13-14,19H,3-12H2,1-2H3,(H,17,20). The highest BCUT2D eigenvalue weighted by molar-refractivity contribution is 5.74. The molecule has 1 heterocycles. The number of nitrogens with zero attached hydrogens (tertiary/aromatic N) is 1. The summed E-state index contributed by atoms with van der Waals surface area (Å²) in [6, 6.07) is 0.475. The minimum atomic E-state index is 0.00751. The van der Waals surface area contributed by atoms with Crippen LogP contribution in [0, 0.1) is 11.3 Å². The summed E-state index contributed by atoms with van der Waals surface area (Å²) in [4.78, 5) is 14.3. The molecule has 2 aliphatic rings. The van der Waals surface area contributed by atoms with E-state index in [1.165, 1.54) is 19.3 Å². The number of aliphatic hydroxyl groups excluding tert-OH is 1. The van der Waals surface area contributed by atoms with Crippen LogP contribution in [0.4, 0.5) is 4.79 Å². The lowest BCUT2D eigenvalue weighted by molar-refractivity contribution is 0.0682. The Morgan fingerprint density at radius 2 is 1.95 bits per heavy atom. The first-order valence-corrected chi connectivity index (χ1v) is 8.24. The molecule has 2 rings (SSSR count). The van der Waals surface area contributed by atoms with Gasteiger partial charge in [-0.15, -0.1) is 0 Å². The van der Waals surface area contributed by atoms with E-state index in [9.17, 15) is 9.90 Å². The van der Waals surface area contributed by atoms with Crippen LogP contribution in [0.2, 0.25) is 0 Å². The average Bonchev–Trinajstić information content (AvgIpc) is 2.48. The zero-order chi connectivity index (χ0) is 14.6. The van der Waals surface area contributed by atoms with Crippen LogP contribution in [0.1, 0.15) is 58.8 Å². The number of nitrogens with one attached hydrogen (secondary N) is 1. The zero-order valence-corrected chi connectivity index (χ0v) is 13.0. The van der Waals surface area contributed by atoms with E-state index in [1.807, 2.05) is 4.90 Å². The molecule has 4 nitrogen and oxygen atoms in total. The molecule has 0 aromatic carbocycles. The van der Waals surface area contributed by atoms with Gasteiger partial charge >= 0.3 is 6.03 Å². The molecule has 2 fully saturated rings. The highest BCUT2D eigenvalue weighted by atomic mass is 16.3. The van der Waals surface area contributed by atoms with Crippen molar-refractivity contribution in [2.24, 2.45) is 11.3 Å². The maximum absolute atomic E-state index is 12.4. The lowest BCUT2D eigenvalue weighted by atomic mass is 9.81. The second kappa shape index (κ2) is 6.79. The van der Waals surface area contributed by atoms with Crippen LogP contribution in [-0.4, -0.2) is 41.8 Å². The predicted octanol–water partition coefficient (Wildman–Crippen LogP) is 2.76. The molecule has 1 saturated heterocycles. The van der Waals surface area contributed by atoms with Crippen LogP contribution in [0.25, 0.3) is 0 Å². The molecule has 20 heavy (non-hydrogen) atoms. The van der Waals surface area contributed by atoms with Gasteiger partial charge in [-0.25, -0.2) is 4.79 Å². The van der Waals surface area contributed by atoms with E-state index in [4.69, 9.17) is 0 Å². The number of rotatable bonds is 3. The molecule has 0 spiro atoms. The van der Waals surface area contributed by atoms with Crippen LogP contribution in [0.15, 0.2) is 0 Å². The number of amides is 2. The summed E-state index contributed by atoms with van der Waals surface area (Å²) in [5, 5.41) is 12.6. The largest absolute Gasteiger partial charge is 0.396 e. The van der Waals surface area contributed by atoms with Crippen molar-refractivity contribution in [2.45, 2.75) is 64.8 Å². The summed E-state index contributed by atoms with van der Waals surface area (Å²) in [7, 11) is 0. The van der Waals surface area contributed by atoms with E-state index >= 15 is 0 Å². The number of carbonyl (C=O) groups excluding carboxylic acids is 1. The van der Waals surface area contributed by atoms with Gasteiger partial charge in [0.25, 0.3) is 0 Å². The Kier molecular flexibility index (Phi) is 5.30. The molecule has 2 amide bonds. The fourth-order valence-corrected chi connectivity index (χ4v) is 3.54. The summed E-state index contributed by atoms with van der Waals surface area (Å²) >= 11 is 0. The van der Waals surface area contributed by atoms with Gasteiger partial charge in [0.15, 0.2) is 0 Å². The molecule has 2 N–H and O–H groups in total. The number of urea groups is 1. The molecule has 1 aliphatic heterocycles.